The van der Waals surface area contributed by atoms with E-state index < -0.39 is 0 Å². The Bertz CT molecular complexity index is 473. The number of aromatic nitrogens is 2. The summed E-state index contributed by atoms with van der Waals surface area (Å²) in [5.74, 6) is 0.335. The van der Waals surface area contributed by atoms with Crippen molar-refractivity contribution in [1.29, 1.82) is 0 Å². The molecule has 0 saturated carbocycles. The van der Waals surface area contributed by atoms with Crippen LogP contribution in [0.3, 0.4) is 0 Å². The third-order valence-corrected chi connectivity index (χ3v) is 1.92. The van der Waals surface area contributed by atoms with E-state index >= 15 is 0 Å². The number of nitrogens with two attached hydrogens (primary N) is 1. The van der Waals surface area contributed by atoms with Gasteiger partial charge in [0.05, 0.1) is 5.69 Å². The lowest BCUT2D eigenvalue weighted by Crippen LogP contribution is -2.01. The lowest BCUT2D eigenvalue weighted by atomic mass is 10.3. The van der Waals surface area contributed by atoms with E-state index in [1.165, 1.54) is 12.1 Å². The fourth-order valence-corrected chi connectivity index (χ4v) is 1.16. The monoisotopic (exact) mass is 219 g/mol. The van der Waals surface area contributed by atoms with Gasteiger partial charge in [0.2, 0.25) is 5.88 Å². The summed E-state index contributed by atoms with van der Waals surface area (Å²) in [5, 5.41) is 7.62. The highest BCUT2D eigenvalue weighted by molar-refractivity contribution is 5.27. The average molecular weight is 219 g/mol. The molecule has 0 bridgehead atoms. The van der Waals surface area contributed by atoms with Gasteiger partial charge in [-0.3, -0.25) is 0 Å². The normalized spacial score (nSPS) is 10.1. The van der Waals surface area contributed by atoms with Crippen LogP contribution in [0.15, 0.2) is 36.4 Å². The van der Waals surface area contributed by atoms with E-state index in [1.807, 2.05) is 0 Å². The fraction of sp³-hybridized carbons (Fsp3) is 0.0909. The molecule has 0 amide bonds. The third kappa shape index (κ3) is 2.52. The fourth-order valence-electron chi connectivity index (χ4n) is 1.16. The van der Waals surface area contributed by atoms with Gasteiger partial charge in [-0.1, -0.05) is 6.07 Å². The van der Waals surface area contributed by atoms with Gasteiger partial charge in [-0.05, 0) is 18.2 Å². The highest BCUT2D eigenvalue weighted by atomic mass is 19.1. The van der Waals surface area contributed by atoms with Crippen LogP contribution < -0.4 is 10.5 Å². The van der Waals surface area contributed by atoms with Crippen molar-refractivity contribution in [3.8, 4) is 11.6 Å². The predicted molar refractivity (Wildman–Crippen MR) is 56.4 cm³/mol. The minimum absolute atomic E-state index is 0.308. The summed E-state index contributed by atoms with van der Waals surface area (Å²) in [5.41, 5.74) is 6.05. The highest BCUT2D eigenvalue weighted by Gasteiger charge is 2.00. The zero-order valence-electron chi connectivity index (χ0n) is 8.43. The summed E-state index contributed by atoms with van der Waals surface area (Å²) in [6, 6.07) is 9.17. The second-order valence-electron chi connectivity index (χ2n) is 3.13. The molecule has 0 saturated heterocycles. The van der Waals surface area contributed by atoms with Gasteiger partial charge in [0.25, 0.3) is 0 Å². The van der Waals surface area contributed by atoms with Crippen molar-refractivity contribution in [3.05, 3.63) is 47.9 Å². The zero-order chi connectivity index (χ0) is 11.4. The Labute approximate surface area is 91.9 Å². The summed E-state index contributed by atoms with van der Waals surface area (Å²) in [6.45, 7) is 0.327. The summed E-state index contributed by atoms with van der Waals surface area (Å²) in [7, 11) is 0. The van der Waals surface area contributed by atoms with Crippen LogP contribution in [0, 0.1) is 5.82 Å². The van der Waals surface area contributed by atoms with E-state index in [0.29, 0.717) is 23.9 Å². The molecular formula is C11H10FN3O. The van der Waals surface area contributed by atoms with E-state index in [1.54, 1.807) is 24.3 Å². The number of hydrogen-bond donors (Lipinski definition) is 1. The minimum Gasteiger partial charge on any atom is -0.437 e. The van der Waals surface area contributed by atoms with Crippen LogP contribution in [-0.4, -0.2) is 10.2 Å². The molecule has 16 heavy (non-hydrogen) atoms. The van der Waals surface area contributed by atoms with Crippen molar-refractivity contribution in [3.63, 3.8) is 0 Å². The number of nitrogens with zero attached hydrogens (tertiary/aromatic N) is 2. The van der Waals surface area contributed by atoms with E-state index in [4.69, 9.17) is 10.5 Å². The topological polar surface area (TPSA) is 61.0 Å². The van der Waals surface area contributed by atoms with Gasteiger partial charge in [0, 0.05) is 18.7 Å². The molecule has 0 fully saturated rings. The van der Waals surface area contributed by atoms with Gasteiger partial charge in [-0.2, -0.15) is 5.10 Å². The maximum Gasteiger partial charge on any atom is 0.238 e. The minimum atomic E-state index is -0.357. The van der Waals surface area contributed by atoms with Crippen LogP contribution in [-0.2, 0) is 6.54 Å². The third-order valence-electron chi connectivity index (χ3n) is 1.92. The Morgan fingerprint density at radius 3 is 2.69 bits per heavy atom. The molecule has 0 aliphatic heterocycles. The molecule has 4 nitrogen and oxygen atoms in total. The van der Waals surface area contributed by atoms with Gasteiger partial charge in [0.1, 0.15) is 11.6 Å². The molecule has 0 atom stereocenters. The molecule has 0 aliphatic carbocycles. The van der Waals surface area contributed by atoms with Crippen molar-refractivity contribution < 1.29 is 9.13 Å². The van der Waals surface area contributed by atoms with Gasteiger partial charge in [-0.25, -0.2) is 4.39 Å². The highest BCUT2D eigenvalue weighted by Crippen LogP contribution is 2.19. The first-order valence-corrected chi connectivity index (χ1v) is 4.74. The number of ether oxygens (including phenoxy) is 1. The second-order valence-corrected chi connectivity index (χ2v) is 3.13. The van der Waals surface area contributed by atoms with Gasteiger partial charge < -0.3 is 10.5 Å². The molecule has 0 unspecified atom stereocenters. The molecule has 2 rings (SSSR count). The standard InChI is InChI=1S/C11H10FN3O/c12-8-2-1-3-10(6-8)16-11-5-4-9(7-13)14-15-11/h1-6H,7,13H2. The summed E-state index contributed by atoms with van der Waals surface area (Å²) in [6.07, 6.45) is 0. The maximum atomic E-state index is 12.9. The molecule has 5 heteroatoms. The van der Waals surface area contributed by atoms with E-state index in [-0.39, 0.29) is 5.82 Å². The molecule has 0 radical (unpaired) electrons. The molecule has 2 N–H and O–H groups in total. The molecule has 2 aromatic rings. The van der Waals surface area contributed by atoms with Crippen LogP contribution >= 0.6 is 0 Å². The van der Waals surface area contributed by atoms with Gasteiger partial charge in [-0.15, -0.1) is 5.10 Å². The Morgan fingerprint density at radius 1 is 1.19 bits per heavy atom. The molecule has 0 aliphatic rings. The van der Waals surface area contributed by atoms with Crippen LogP contribution in [0.5, 0.6) is 11.6 Å². The number of benzene rings is 1. The summed E-state index contributed by atoms with van der Waals surface area (Å²) < 4.78 is 18.2. The quantitative estimate of drug-likeness (QED) is 0.855. The molecule has 1 heterocycles. The Morgan fingerprint density at radius 2 is 2.06 bits per heavy atom. The van der Waals surface area contributed by atoms with Gasteiger partial charge >= 0.3 is 0 Å². The lowest BCUT2D eigenvalue weighted by Gasteiger charge is -2.03. The first-order valence-electron chi connectivity index (χ1n) is 4.74. The van der Waals surface area contributed by atoms with Crippen molar-refractivity contribution in [2.75, 3.05) is 0 Å². The second kappa shape index (κ2) is 4.67. The molecule has 1 aromatic heterocycles. The summed E-state index contributed by atoms with van der Waals surface area (Å²) in [4.78, 5) is 0. The predicted octanol–water partition coefficient (Wildman–Crippen LogP) is 1.87. The Balaban J connectivity index is 2.14. The first kappa shape index (κ1) is 10.5. The number of hydrogen-bond acceptors (Lipinski definition) is 4. The van der Waals surface area contributed by atoms with Crippen LogP contribution in [0.25, 0.3) is 0 Å². The SMILES string of the molecule is NCc1ccc(Oc2cccc(F)c2)nn1. The van der Waals surface area contributed by atoms with E-state index in [9.17, 15) is 4.39 Å². The van der Waals surface area contributed by atoms with E-state index in [2.05, 4.69) is 10.2 Å². The smallest absolute Gasteiger partial charge is 0.238 e. The van der Waals surface area contributed by atoms with Crippen LogP contribution in [0.1, 0.15) is 5.69 Å². The molecule has 82 valence electrons. The largest absolute Gasteiger partial charge is 0.437 e. The van der Waals surface area contributed by atoms with Crippen molar-refractivity contribution in [2.45, 2.75) is 6.54 Å². The van der Waals surface area contributed by atoms with Gasteiger partial charge in [0.15, 0.2) is 0 Å². The van der Waals surface area contributed by atoms with E-state index in [0.717, 1.165) is 0 Å². The molecular weight excluding hydrogens is 209 g/mol. The zero-order valence-corrected chi connectivity index (χ0v) is 8.43. The maximum absolute atomic E-state index is 12.9. The Kier molecular flexibility index (Phi) is 3.07. The first-order chi connectivity index (χ1) is 7.78. The summed E-state index contributed by atoms with van der Waals surface area (Å²) >= 11 is 0. The van der Waals surface area contributed by atoms with Crippen LogP contribution in [0.2, 0.25) is 0 Å². The Hall–Kier alpha value is -2.01. The number of halogens is 1. The molecule has 1 aromatic carbocycles. The van der Waals surface area contributed by atoms with Crippen molar-refractivity contribution in [2.24, 2.45) is 5.73 Å². The number of rotatable bonds is 3. The van der Waals surface area contributed by atoms with Crippen LogP contribution in [0.4, 0.5) is 4.39 Å². The molecule has 0 spiro atoms. The van der Waals surface area contributed by atoms with Crippen molar-refractivity contribution in [1.82, 2.24) is 10.2 Å². The average Bonchev–Trinajstić information content (AvgIpc) is 2.30. The van der Waals surface area contributed by atoms with Crippen molar-refractivity contribution >= 4 is 0 Å². The lowest BCUT2D eigenvalue weighted by molar-refractivity contribution is 0.449.